The second-order valence-electron chi connectivity index (χ2n) is 7.24. The van der Waals surface area contributed by atoms with E-state index >= 15 is 0 Å². The van der Waals surface area contributed by atoms with Gasteiger partial charge in [0.2, 0.25) is 10.0 Å². The zero-order valence-corrected chi connectivity index (χ0v) is 16.6. The fraction of sp³-hybridized carbons (Fsp3) is 0.318. The van der Waals surface area contributed by atoms with Crippen molar-refractivity contribution in [1.29, 1.82) is 0 Å². The number of carbonyl (C=O) groups excluding carboxylic acids is 1. The van der Waals surface area contributed by atoms with Gasteiger partial charge in [0.25, 0.3) is 5.91 Å². The van der Waals surface area contributed by atoms with Gasteiger partial charge in [-0.2, -0.15) is 4.31 Å². The van der Waals surface area contributed by atoms with E-state index in [1.54, 1.807) is 39.6 Å². The number of nitrogens with zero attached hydrogens (tertiary/aromatic N) is 2. The molecule has 0 bridgehead atoms. The summed E-state index contributed by atoms with van der Waals surface area (Å²) in [4.78, 5) is 14.7. The molecule has 146 valence electrons. The second-order valence-corrected chi connectivity index (χ2v) is 9.18. The molecule has 0 saturated carbocycles. The Morgan fingerprint density at radius 1 is 0.929 bits per heavy atom. The van der Waals surface area contributed by atoms with Gasteiger partial charge in [0, 0.05) is 31.4 Å². The van der Waals surface area contributed by atoms with Crippen molar-refractivity contribution in [3.8, 4) is 0 Å². The van der Waals surface area contributed by atoms with Crippen LogP contribution in [0.15, 0.2) is 59.5 Å². The van der Waals surface area contributed by atoms with E-state index in [-0.39, 0.29) is 5.91 Å². The summed E-state index contributed by atoms with van der Waals surface area (Å²) in [6, 6.07) is 14.8. The molecule has 1 amide bonds. The van der Waals surface area contributed by atoms with Gasteiger partial charge >= 0.3 is 0 Å². The highest BCUT2D eigenvalue weighted by Crippen LogP contribution is 2.32. The maximum atomic E-state index is 12.9. The van der Waals surface area contributed by atoms with E-state index in [2.05, 4.69) is 0 Å². The monoisotopic (exact) mass is 396 g/mol. The van der Waals surface area contributed by atoms with Crippen molar-refractivity contribution >= 4 is 27.7 Å². The Hall–Kier alpha value is -2.44. The molecule has 2 aromatic carbocycles. The van der Waals surface area contributed by atoms with Gasteiger partial charge in [-0.15, -0.1) is 0 Å². The first-order valence-electron chi connectivity index (χ1n) is 9.73. The third-order valence-corrected chi connectivity index (χ3v) is 7.28. The Bertz CT molecular complexity index is 994. The molecule has 0 radical (unpaired) electrons. The largest absolute Gasteiger partial charge is 0.308 e. The zero-order chi connectivity index (χ0) is 19.6. The van der Waals surface area contributed by atoms with Crippen LogP contribution in [0.25, 0.3) is 6.08 Å². The van der Waals surface area contributed by atoms with Crippen LogP contribution in [0.5, 0.6) is 0 Å². The summed E-state index contributed by atoms with van der Waals surface area (Å²) >= 11 is 0. The summed E-state index contributed by atoms with van der Waals surface area (Å²) in [6.45, 7) is 1.75. The summed E-state index contributed by atoms with van der Waals surface area (Å²) in [5, 5.41) is 0. The average Bonchev–Trinajstić information content (AvgIpc) is 3.17. The fourth-order valence-electron chi connectivity index (χ4n) is 3.84. The molecule has 0 spiro atoms. The molecule has 0 aliphatic carbocycles. The summed E-state index contributed by atoms with van der Waals surface area (Å²) in [5.41, 5.74) is 2.69. The zero-order valence-electron chi connectivity index (χ0n) is 15.8. The molecule has 6 heteroatoms. The first kappa shape index (κ1) is 18.9. The van der Waals surface area contributed by atoms with Gasteiger partial charge in [-0.25, -0.2) is 8.42 Å². The van der Waals surface area contributed by atoms with Gasteiger partial charge < -0.3 is 4.90 Å². The number of benzene rings is 2. The maximum absolute atomic E-state index is 12.9. The Labute approximate surface area is 166 Å². The summed E-state index contributed by atoms with van der Waals surface area (Å²) in [7, 11) is -3.45. The van der Waals surface area contributed by atoms with Crippen LogP contribution in [0.2, 0.25) is 0 Å². The predicted octanol–water partition coefficient (Wildman–Crippen LogP) is 3.46. The lowest BCUT2D eigenvalue weighted by atomic mass is 10.2. The number of hydrogen-bond acceptors (Lipinski definition) is 3. The number of anilines is 1. The van der Waals surface area contributed by atoms with E-state index in [1.165, 1.54) is 0 Å². The highest BCUT2D eigenvalue weighted by Gasteiger charge is 2.29. The highest BCUT2D eigenvalue weighted by molar-refractivity contribution is 7.89. The molecule has 2 aliphatic heterocycles. The summed E-state index contributed by atoms with van der Waals surface area (Å²) in [6.07, 6.45) is 6.96. The van der Waals surface area contributed by atoms with Crippen LogP contribution in [-0.2, 0) is 21.2 Å². The van der Waals surface area contributed by atoms with E-state index in [0.29, 0.717) is 31.0 Å². The molecule has 0 atom stereocenters. The number of carbonyl (C=O) groups is 1. The lowest BCUT2D eigenvalue weighted by molar-refractivity contribution is -0.114. The molecule has 0 unspecified atom stereocenters. The average molecular weight is 397 g/mol. The third kappa shape index (κ3) is 3.75. The minimum absolute atomic E-state index is 0.0887. The van der Waals surface area contributed by atoms with Crippen molar-refractivity contribution in [3.63, 3.8) is 0 Å². The predicted molar refractivity (Wildman–Crippen MR) is 111 cm³/mol. The Morgan fingerprint density at radius 3 is 2.43 bits per heavy atom. The molecule has 2 aromatic rings. The van der Waals surface area contributed by atoms with Gasteiger partial charge in [0.15, 0.2) is 0 Å². The summed E-state index contributed by atoms with van der Waals surface area (Å²) in [5.74, 6) is -0.0887. The van der Waals surface area contributed by atoms with Crippen LogP contribution in [0, 0.1) is 0 Å². The lowest BCUT2D eigenvalue weighted by Gasteiger charge is -2.26. The molecule has 2 aliphatic rings. The van der Waals surface area contributed by atoms with Crippen LogP contribution in [0.3, 0.4) is 0 Å². The number of fused-ring (bicyclic) bond motifs is 1. The first-order chi connectivity index (χ1) is 13.6. The fourth-order valence-corrected chi connectivity index (χ4v) is 5.41. The van der Waals surface area contributed by atoms with Crippen LogP contribution < -0.4 is 4.90 Å². The minimum Gasteiger partial charge on any atom is -0.308 e. The van der Waals surface area contributed by atoms with Crippen LogP contribution in [0.1, 0.15) is 30.4 Å². The molecular formula is C22H24N2O3S. The van der Waals surface area contributed by atoms with E-state index in [9.17, 15) is 13.2 Å². The van der Waals surface area contributed by atoms with Crippen molar-refractivity contribution in [3.05, 3.63) is 65.7 Å². The van der Waals surface area contributed by atoms with Gasteiger partial charge in [0.05, 0.1) is 4.90 Å². The molecule has 4 rings (SSSR count). The van der Waals surface area contributed by atoms with E-state index < -0.39 is 10.0 Å². The molecular weight excluding hydrogens is 372 g/mol. The molecule has 2 heterocycles. The molecule has 0 aromatic heterocycles. The van der Waals surface area contributed by atoms with E-state index in [1.807, 2.05) is 30.3 Å². The van der Waals surface area contributed by atoms with Crippen LogP contribution in [0.4, 0.5) is 5.69 Å². The quantitative estimate of drug-likeness (QED) is 0.744. The smallest absolute Gasteiger partial charge is 0.251 e. The van der Waals surface area contributed by atoms with Crippen molar-refractivity contribution in [1.82, 2.24) is 4.31 Å². The van der Waals surface area contributed by atoms with Gasteiger partial charge in [-0.3, -0.25) is 4.79 Å². The number of rotatable bonds is 4. The van der Waals surface area contributed by atoms with Gasteiger partial charge in [0.1, 0.15) is 0 Å². The van der Waals surface area contributed by atoms with Crippen molar-refractivity contribution < 1.29 is 13.2 Å². The van der Waals surface area contributed by atoms with Crippen LogP contribution in [-0.4, -0.2) is 38.3 Å². The van der Waals surface area contributed by atoms with Gasteiger partial charge in [-0.05, 0) is 54.7 Å². The third-order valence-electron chi connectivity index (χ3n) is 5.38. The molecule has 1 saturated heterocycles. The van der Waals surface area contributed by atoms with Crippen molar-refractivity contribution in [2.45, 2.75) is 30.6 Å². The number of amides is 1. The van der Waals surface area contributed by atoms with Crippen molar-refractivity contribution in [2.75, 3.05) is 24.5 Å². The summed E-state index contributed by atoms with van der Waals surface area (Å²) < 4.78 is 27.4. The topological polar surface area (TPSA) is 57.7 Å². The molecule has 1 fully saturated rings. The number of sulfonamides is 1. The maximum Gasteiger partial charge on any atom is 0.251 e. The normalized spacial score (nSPS) is 17.8. The van der Waals surface area contributed by atoms with Gasteiger partial charge in [-0.1, -0.05) is 36.8 Å². The minimum atomic E-state index is -3.45. The SMILES string of the molecule is O=C(/C=C/c1ccccc1)N1CCc2cc(S(=O)(=O)N3CCCCC3)ccc21. The Morgan fingerprint density at radius 2 is 1.68 bits per heavy atom. The molecule has 5 nitrogen and oxygen atoms in total. The first-order valence-corrected chi connectivity index (χ1v) is 11.2. The lowest BCUT2D eigenvalue weighted by Crippen LogP contribution is -2.35. The van der Waals surface area contributed by atoms with E-state index in [0.717, 1.165) is 36.1 Å². The van der Waals surface area contributed by atoms with Crippen molar-refractivity contribution in [2.24, 2.45) is 0 Å². The molecule has 28 heavy (non-hydrogen) atoms. The Balaban J connectivity index is 1.53. The van der Waals surface area contributed by atoms with E-state index in [4.69, 9.17) is 0 Å². The second kappa shape index (κ2) is 7.89. The highest BCUT2D eigenvalue weighted by atomic mass is 32.2. The number of piperidine rings is 1. The standard InChI is InChI=1S/C22H24N2O3S/c25-22(12-9-18-7-3-1-4-8-18)24-16-13-19-17-20(10-11-21(19)24)28(26,27)23-14-5-2-6-15-23/h1,3-4,7-12,17H,2,5-6,13-16H2/b12-9+. The number of hydrogen-bond donors (Lipinski definition) is 0. The van der Waals surface area contributed by atoms with Crippen LogP contribution >= 0.6 is 0 Å². The molecule has 0 N–H and O–H groups in total. The Kier molecular flexibility index (Phi) is 5.33.